The van der Waals surface area contributed by atoms with E-state index in [1.54, 1.807) is 48.5 Å². The zero-order valence-corrected chi connectivity index (χ0v) is 15.4. The molecular formula is C22H16BrNO2. The molecule has 0 saturated heterocycles. The molecule has 0 saturated carbocycles. The number of carbonyl (C=O) groups excluding carboxylic acids is 2. The lowest BCUT2D eigenvalue weighted by atomic mass is 10.0. The molecule has 3 rings (SSSR count). The van der Waals surface area contributed by atoms with Crippen LogP contribution in [0.15, 0.2) is 101 Å². The van der Waals surface area contributed by atoms with E-state index in [0.29, 0.717) is 11.1 Å². The number of hydrogen-bond acceptors (Lipinski definition) is 3. The average molecular weight is 406 g/mol. The molecule has 3 aromatic rings. The molecule has 0 bridgehead atoms. The standard InChI is InChI=1S/C22H16BrNO2/c23-18-11-13-19(14-12-18)24-20(22(26)17-9-5-2-6-10-17)15-21(25)16-7-3-1-4-8-16/h1-15,24H/b20-15+. The lowest BCUT2D eigenvalue weighted by molar-refractivity contribution is 0.101. The number of allylic oxidation sites excluding steroid dienone is 2. The highest BCUT2D eigenvalue weighted by atomic mass is 79.9. The third-order valence-corrected chi connectivity index (χ3v) is 4.27. The van der Waals surface area contributed by atoms with E-state index in [-0.39, 0.29) is 17.3 Å². The van der Waals surface area contributed by atoms with E-state index in [4.69, 9.17) is 0 Å². The van der Waals surface area contributed by atoms with Gasteiger partial charge in [-0.25, -0.2) is 0 Å². The molecule has 3 nitrogen and oxygen atoms in total. The van der Waals surface area contributed by atoms with Crippen molar-refractivity contribution in [3.63, 3.8) is 0 Å². The monoisotopic (exact) mass is 405 g/mol. The maximum atomic E-state index is 12.9. The van der Waals surface area contributed by atoms with Crippen LogP contribution in [0.4, 0.5) is 5.69 Å². The van der Waals surface area contributed by atoms with Crippen LogP contribution in [-0.4, -0.2) is 11.6 Å². The summed E-state index contributed by atoms with van der Waals surface area (Å²) in [5.41, 5.74) is 2.00. The number of ketones is 2. The van der Waals surface area contributed by atoms with Crippen molar-refractivity contribution in [2.75, 3.05) is 5.32 Å². The van der Waals surface area contributed by atoms with Crippen LogP contribution in [0.25, 0.3) is 0 Å². The van der Waals surface area contributed by atoms with Crippen molar-refractivity contribution in [1.82, 2.24) is 0 Å². The number of hydrogen-bond donors (Lipinski definition) is 1. The second kappa shape index (κ2) is 8.41. The van der Waals surface area contributed by atoms with Crippen LogP contribution in [0.1, 0.15) is 20.7 Å². The normalized spacial score (nSPS) is 11.0. The van der Waals surface area contributed by atoms with Gasteiger partial charge < -0.3 is 5.32 Å². The summed E-state index contributed by atoms with van der Waals surface area (Å²) in [6, 6.07) is 25.2. The SMILES string of the molecule is O=C(/C=C(/Nc1ccc(Br)cc1)C(=O)c1ccccc1)c1ccccc1. The number of halogens is 1. The Bertz CT molecular complexity index is 933. The fourth-order valence-electron chi connectivity index (χ4n) is 2.41. The Morgan fingerprint density at radius 3 is 1.85 bits per heavy atom. The summed E-state index contributed by atoms with van der Waals surface area (Å²) < 4.78 is 0.934. The Labute approximate surface area is 160 Å². The summed E-state index contributed by atoms with van der Waals surface area (Å²) in [7, 11) is 0. The molecule has 0 amide bonds. The number of Topliss-reactive ketones (excluding diaryl/α,β-unsaturated/α-hetero) is 1. The quantitative estimate of drug-likeness (QED) is 0.434. The predicted octanol–water partition coefficient (Wildman–Crippen LogP) is 5.51. The summed E-state index contributed by atoms with van der Waals surface area (Å²) >= 11 is 3.38. The van der Waals surface area contributed by atoms with E-state index in [2.05, 4.69) is 21.2 Å². The van der Waals surface area contributed by atoms with Gasteiger partial charge in [0.15, 0.2) is 5.78 Å². The molecule has 0 fully saturated rings. The topological polar surface area (TPSA) is 46.2 Å². The van der Waals surface area contributed by atoms with E-state index < -0.39 is 0 Å². The molecule has 4 heteroatoms. The maximum Gasteiger partial charge on any atom is 0.209 e. The molecule has 0 aliphatic carbocycles. The minimum atomic E-state index is -0.238. The third kappa shape index (κ3) is 4.55. The Morgan fingerprint density at radius 2 is 1.27 bits per heavy atom. The first-order valence-corrected chi connectivity index (χ1v) is 8.86. The van der Waals surface area contributed by atoms with Gasteiger partial charge >= 0.3 is 0 Å². The molecular weight excluding hydrogens is 390 g/mol. The van der Waals surface area contributed by atoms with Gasteiger partial charge in [0.1, 0.15) is 0 Å². The molecule has 0 spiro atoms. The summed E-state index contributed by atoms with van der Waals surface area (Å²) in [5, 5.41) is 3.08. The highest BCUT2D eigenvalue weighted by Gasteiger charge is 2.15. The minimum absolute atomic E-state index is 0.227. The van der Waals surface area contributed by atoms with Crippen molar-refractivity contribution >= 4 is 33.2 Å². The van der Waals surface area contributed by atoms with Gasteiger partial charge in [-0.15, -0.1) is 0 Å². The Morgan fingerprint density at radius 1 is 0.731 bits per heavy atom. The van der Waals surface area contributed by atoms with Gasteiger partial charge in [0.05, 0.1) is 5.70 Å². The van der Waals surface area contributed by atoms with Crippen molar-refractivity contribution in [2.45, 2.75) is 0 Å². The second-order valence-electron chi connectivity index (χ2n) is 5.62. The molecule has 3 aromatic carbocycles. The second-order valence-corrected chi connectivity index (χ2v) is 6.53. The lowest BCUT2D eigenvalue weighted by Crippen LogP contribution is -2.14. The minimum Gasteiger partial charge on any atom is -0.352 e. The van der Waals surface area contributed by atoms with Crippen LogP contribution in [0.5, 0.6) is 0 Å². The van der Waals surface area contributed by atoms with Crippen LogP contribution in [-0.2, 0) is 0 Å². The average Bonchev–Trinajstić information content (AvgIpc) is 2.70. The lowest BCUT2D eigenvalue weighted by Gasteiger charge is -2.11. The largest absolute Gasteiger partial charge is 0.352 e. The van der Waals surface area contributed by atoms with Crippen molar-refractivity contribution in [1.29, 1.82) is 0 Å². The molecule has 0 aliphatic rings. The number of benzene rings is 3. The van der Waals surface area contributed by atoms with E-state index in [9.17, 15) is 9.59 Å². The Balaban J connectivity index is 1.95. The fourth-order valence-corrected chi connectivity index (χ4v) is 2.67. The molecule has 0 aliphatic heterocycles. The van der Waals surface area contributed by atoms with Crippen LogP contribution >= 0.6 is 15.9 Å². The van der Waals surface area contributed by atoms with Crippen molar-refractivity contribution in [2.24, 2.45) is 0 Å². The van der Waals surface area contributed by atoms with Crippen LogP contribution in [0, 0.1) is 0 Å². The molecule has 1 N–H and O–H groups in total. The van der Waals surface area contributed by atoms with Crippen LogP contribution in [0.3, 0.4) is 0 Å². The van der Waals surface area contributed by atoms with Gasteiger partial charge in [-0.3, -0.25) is 9.59 Å². The number of carbonyl (C=O) groups is 2. The molecule has 128 valence electrons. The van der Waals surface area contributed by atoms with Crippen molar-refractivity contribution in [3.05, 3.63) is 112 Å². The smallest absolute Gasteiger partial charge is 0.209 e. The van der Waals surface area contributed by atoms with E-state index >= 15 is 0 Å². The molecule has 0 heterocycles. The first kappa shape index (κ1) is 17.8. The summed E-state index contributed by atoms with van der Waals surface area (Å²) in [6.07, 6.45) is 1.35. The first-order valence-electron chi connectivity index (χ1n) is 8.07. The summed E-state index contributed by atoms with van der Waals surface area (Å²) in [6.45, 7) is 0. The molecule has 0 aromatic heterocycles. The molecule has 0 atom stereocenters. The van der Waals surface area contributed by atoms with Gasteiger partial charge in [-0.2, -0.15) is 0 Å². The summed E-state index contributed by atoms with van der Waals surface area (Å²) in [4.78, 5) is 25.4. The van der Waals surface area contributed by atoms with Gasteiger partial charge in [0.25, 0.3) is 0 Å². The third-order valence-electron chi connectivity index (χ3n) is 3.74. The first-order chi connectivity index (χ1) is 12.6. The van der Waals surface area contributed by atoms with E-state index in [1.807, 2.05) is 36.4 Å². The zero-order chi connectivity index (χ0) is 18.4. The van der Waals surface area contributed by atoms with E-state index in [0.717, 1.165) is 10.2 Å². The van der Waals surface area contributed by atoms with Crippen LogP contribution < -0.4 is 5.32 Å². The molecule has 0 radical (unpaired) electrons. The summed E-state index contributed by atoms with van der Waals surface area (Å²) in [5.74, 6) is -0.465. The van der Waals surface area contributed by atoms with Gasteiger partial charge in [-0.05, 0) is 24.3 Å². The zero-order valence-electron chi connectivity index (χ0n) is 13.9. The Hall–Kier alpha value is -2.98. The number of anilines is 1. The van der Waals surface area contributed by atoms with Crippen LogP contribution in [0.2, 0.25) is 0 Å². The highest BCUT2D eigenvalue weighted by Crippen LogP contribution is 2.18. The predicted molar refractivity (Wildman–Crippen MR) is 107 cm³/mol. The van der Waals surface area contributed by atoms with Gasteiger partial charge in [0.2, 0.25) is 5.78 Å². The van der Waals surface area contributed by atoms with Gasteiger partial charge in [0, 0.05) is 27.4 Å². The number of rotatable bonds is 6. The Kier molecular flexibility index (Phi) is 5.77. The fraction of sp³-hybridized carbons (Fsp3) is 0. The maximum absolute atomic E-state index is 12.9. The number of nitrogens with one attached hydrogen (secondary N) is 1. The van der Waals surface area contributed by atoms with E-state index in [1.165, 1.54) is 6.08 Å². The molecule has 26 heavy (non-hydrogen) atoms. The van der Waals surface area contributed by atoms with Crippen molar-refractivity contribution in [3.8, 4) is 0 Å². The highest BCUT2D eigenvalue weighted by molar-refractivity contribution is 9.10. The van der Waals surface area contributed by atoms with Crippen molar-refractivity contribution < 1.29 is 9.59 Å². The molecule has 0 unspecified atom stereocenters. The van der Waals surface area contributed by atoms with Gasteiger partial charge in [-0.1, -0.05) is 76.6 Å².